The smallest absolute Gasteiger partial charge is 0.346 e. The molecule has 3 rings (SSSR count). The van der Waals surface area contributed by atoms with Gasteiger partial charge in [0.2, 0.25) is 10.0 Å². The zero-order chi connectivity index (χ0) is 19.8. The Balaban J connectivity index is 2.15. The monoisotopic (exact) mass is 403 g/mol. The van der Waals surface area contributed by atoms with Gasteiger partial charge in [-0.1, -0.05) is 12.1 Å². The Morgan fingerprint density at radius 2 is 1.59 bits per heavy atom. The molecule has 3 aromatic rings. The van der Waals surface area contributed by atoms with Crippen molar-refractivity contribution in [3.05, 3.63) is 59.0 Å². The average Bonchev–Trinajstić information content (AvgIpc) is 2.99. The van der Waals surface area contributed by atoms with E-state index in [-0.39, 0.29) is 9.77 Å². The minimum absolute atomic E-state index is 0.0219. The highest BCUT2D eigenvalue weighted by molar-refractivity contribution is 7.89. The number of hydrogen-bond acceptors (Lipinski definition) is 5. The standard InChI is InChI=1S/C19H17NO5S2/c1-11-16(12-5-9-15(10-6-12)27(20,23)24)18(19(21)22)26-17(11)13-3-7-14(25-2)8-4-13/h3-10H,1-2H3,(H,21,22)(H2,20,23,24). The maximum absolute atomic E-state index is 11.8. The highest BCUT2D eigenvalue weighted by Crippen LogP contribution is 2.42. The normalized spacial score (nSPS) is 11.4. The number of carboxylic acids is 1. The fourth-order valence-electron chi connectivity index (χ4n) is 2.84. The highest BCUT2D eigenvalue weighted by atomic mass is 32.2. The van der Waals surface area contributed by atoms with Crippen molar-refractivity contribution in [3.8, 4) is 27.3 Å². The van der Waals surface area contributed by atoms with E-state index in [1.165, 1.54) is 23.5 Å². The van der Waals surface area contributed by atoms with Gasteiger partial charge in [-0.2, -0.15) is 0 Å². The molecule has 0 unspecified atom stereocenters. The lowest BCUT2D eigenvalue weighted by Gasteiger charge is -2.06. The van der Waals surface area contributed by atoms with Crippen LogP contribution in [0.15, 0.2) is 53.4 Å². The number of hydrogen-bond donors (Lipinski definition) is 2. The van der Waals surface area contributed by atoms with Gasteiger partial charge in [-0.05, 0) is 60.0 Å². The van der Waals surface area contributed by atoms with Gasteiger partial charge < -0.3 is 9.84 Å². The highest BCUT2D eigenvalue weighted by Gasteiger charge is 2.22. The topological polar surface area (TPSA) is 107 Å². The number of aromatic carboxylic acids is 1. The van der Waals surface area contributed by atoms with Crippen LogP contribution in [0.4, 0.5) is 0 Å². The van der Waals surface area contributed by atoms with Gasteiger partial charge in [0.05, 0.1) is 12.0 Å². The van der Waals surface area contributed by atoms with Crippen molar-refractivity contribution in [3.63, 3.8) is 0 Å². The number of nitrogens with two attached hydrogens (primary N) is 1. The van der Waals surface area contributed by atoms with Crippen LogP contribution in [0.5, 0.6) is 5.75 Å². The van der Waals surface area contributed by atoms with E-state index in [0.717, 1.165) is 16.0 Å². The van der Waals surface area contributed by atoms with Crippen molar-refractivity contribution in [2.45, 2.75) is 11.8 Å². The Labute approximate surface area is 160 Å². The Kier molecular flexibility index (Phi) is 5.05. The largest absolute Gasteiger partial charge is 0.497 e. The number of primary sulfonamides is 1. The molecule has 1 heterocycles. The van der Waals surface area contributed by atoms with Gasteiger partial charge >= 0.3 is 5.97 Å². The summed E-state index contributed by atoms with van der Waals surface area (Å²) in [5.74, 6) is -0.321. The zero-order valence-electron chi connectivity index (χ0n) is 14.6. The van der Waals surface area contributed by atoms with Gasteiger partial charge in [0.15, 0.2) is 0 Å². The van der Waals surface area contributed by atoms with Crippen LogP contribution in [0, 0.1) is 6.92 Å². The molecule has 0 fully saturated rings. The third-order valence-corrected chi connectivity index (χ3v) is 6.42. The second-order valence-corrected chi connectivity index (χ2v) is 8.45. The molecule has 3 N–H and O–H groups in total. The van der Waals surface area contributed by atoms with Gasteiger partial charge in [0.1, 0.15) is 10.6 Å². The number of benzene rings is 2. The number of sulfonamides is 1. The first-order valence-corrected chi connectivity index (χ1v) is 10.2. The lowest BCUT2D eigenvalue weighted by molar-refractivity contribution is 0.0703. The molecule has 6 nitrogen and oxygen atoms in total. The molecule has 0 spiro atoms. The third-order valence-electron chi connectivity index (χ3n) is 4.16. The van der Waals surface area contributed by atoms with E-state index in [4.69, 9.17) is 9.88 Å². The molecule has 8 heteroatoms. The molecular weight excluding hydrogens is 386 g/mol. The van der Waals surface area contributed by atoms with E-state index in [0.29, 0.717) is 16.9 Å². The van der Waals surface area contributed by atoms with Crippen LogP contribution in [-0.4, -0.2) is 26.6 Å². The number of ether oxygens (including phenoxy) is 1. The minimum Gasteiger partial charge on any atom is -0.497 e. The number of methoxy groups -OCH3 is 1. The summed E-state index contributed by atoms with van der Waals surface area (Å²) in [4.78, 5) is 12.8. The Morgan fingerprint density at radius 1 is 1.04 bits per heavy atom. The maximum atomic E-state index is 11.8. The molecular formula is C19H17NO5S2. The summed E-state index contributed by atoms with van der Waals surface area (Å²) < 4.78 is 28.0. The van der Waals surface area contributed by atoms with Crippen molar-refractivity contribution in [1.29, 1.82) is 0 Å². The minimum atomic E-state index is -3.81. The van der Waals surface area contributed by atoms with Crippen LogP contribution in [0.1, 0.15) is 15.2 Å². The van der Waals surface area contributed by atoms with Crippen LogP contribution in [0.25, 0.3) is 21.6 Å². The van der Waals surface area contributed by atoms with E-state index in [1.54, 1.807) is 19.2 Å². The molecule has 0 aliphatic carbocycles. The summed E-state index contributed by atoms with van der Waals surface area (Å²) in [6, 6.07) is 13.3. The predicted octanol–water partition coefficient (Wildman–Crippen LogP) is 3.74. The van der Waals surface area contributed by atoms with Crippen LogP contribution in [0.3, 0.4) is 0 Å². The Morgan fingerprint density at radius 3 is 2.07 bits per heavy atom. The molecule has 1 aromatic heterocycles. The summed E-state index contributed by atoms with van der Waals surface area (Å²) in [6.45, 7) is 1.85. The number of carbonyl (C=O) groups is 1. The molecule has 0 saturated heterocycles. The zero-order valence-corrected chi connectivity index (χ0v) is 16.2. The van der Waals surface area contributed by atoms with Crippen molar-refractivity contribution in [2.75, 3.05) is 7.11 Å². The molecule has 0 aliphatic rings. The van der Waals surface area contributed by atoms with Gasteiger partial charge in [-0.15, -0.1) is 11.3 Å². The number of thiophene rings is 1. The summed E-state index contributed by atoms with van der Waals surface area (Å²) in [5, 5.41) is 14.8. The Hall–Kier alpha value is -2.68. The molecule has 140 valence electrons. The fraction of sp³-hybridized carbons (Fsp3) is 0.105. The number of carboxylic acid groups (broad SMARTS) is 1. The van der Waals surface area contributed by atoms with Gasteiger partial charge in [-0.3, -0.25) is 0 Å². The van der Waals surface area contributed by atoms with E-state index >= 15 is 0 Å². The van der Waals surface area contributed by atoms with Crippen LogP contribution >= 0.6 is 11.3 Å². The van der Waals surface area contributed by atoms with Crippen LogP contribution < -0.4 is 9.88 Å². The second-order valence-electron chi connectivity index (χ2n) is 5.86. The first-order valence-electron chi connectivity index (χ1n) is 7.86. The van der Waals surface area contributed by atoms with E-state index in [2.05, 4.69) is 0 Å². The lowest BCUT2D eigenvalue weighted by atomic mass is 9.99. The third kappa shape index (κ3) is 3.73. The predicted molar refractivity (Wildman–Crippen MR) is 105 cm³/mol. The van der Waals surface area contributed by atoms with Gasteiger partial charge in [0, 0.05) is 10.4 Å². The molecule has 0 amide bonds. The van der Waals surface area contributed by atoms with E-state index < -0.39 is 16.0 Å². The number of rotatable bonds is 5. The molecule has 2 aromatic carbocycles. The lowest BCUT2D eigenvalue weighted by Crippen LogP contribution is -2.11. The van der Waals surface area contributed by atoms with E-state index in [1.807, 2.05) is 31.2 Å². The summed E-state index contributed by atoms with van der Waals surface area (Å²) in [6.07, 6.45) is 0. The second kappa shape index (κ2) is 7.15. The molecule has 27 heavy (non-hydrogen) atoms. The first-order chi connectivity index (χ1) is 12.7. The maximum Gasteiger partial charge on any atom is 0.346 e. The average molecular weight is 403 g/mol. The molecule has 0 saturated carbocycles. The van der Waals surface area contributed by atoms with Crippen molar-refractivity contribution in [2.24, 2.45) is 5.14 Å². The first kappa shape index (κ1) is 19.1. The van der Waals surface area contributed by atoms with Crippen LogP contribution in [-0.2, 0) is 10.0 Å². The summed E-state index contributed by atoms with van der Waals surface area (Å²) >= 11 is 1.18. The van der Waals surface area contributed by atoms with Gasteiger partial charge in [-0.25, -0.2) is 18.4 Å². The quantitative estimate of drug-likeness (QED) is 0.675. The molecule has 0 aliphatic heterocycles. The molecule has 0 radical (unpaired) electrons. The Bertz CT molecular complexity index is 1100. The molecule has 0 bridgehead atoms. The van der Waals surface area contributed by atoms with E-state index in [9.17, 15) is 18.3 Å². The SMILES string of the molecule is COc1ccc(-c2sc(C(=O)O)c(-c3ccc(S(N)(=O)=O)cc3)c2C)cc1. The van der Waals surface area contributed by atoms with Crippen LogP contribution in [0.2, 0.25) is 0 Å². The molecule has 0 atom stereocenters. The summed E-state index contributed by atoms with van der Waals surface area (Å²) in [7, 11) is -2.23. The van der Waals surface area contributed by atoms with Crippen molar-refractivity contribution >= 4 is 27.3 Å². The summed E-state index contributed by atoms with van der Waals surface area (Å²) in [5.41, 5.74) is 2.88. The van der Waals surface area contributed by atoms with Crippen molar-refractivity contribution in [1.82, 2.24) is 0 Å². The fourth-order valence-corrected chi connectivity index (χ4v) is 4.53. The van der Waals surface area contributed by atoms with Crippen molar-refractivity contribution < 1.29 is 23.1 Å². The van der Waals surface area contributed by atoms with Gasteiger partial charge in [0.25, 0.3) is 0 Å².